The zero-order chi connectivity index (χ0) is 19.9. The van der Waals surface area contributed by atoms with Crippen LogP contribution in [0.15, 0.2) is 54.6 Å². The molecular formula is C22H23N3O3. The van der Waals surface area contributed by atoms with E-state index in [1.807, 2.05) is 51.1 Å². The minimum absolute atomic E-state index is 0.132. The van der Waals surface area contributed by atoms with E-state index in [0.29, 0.717) is 18.0 Å². The number of carbonyl (C=O) groups excluding carboxylic acids is 1. The summed E-state index contributed by atoms with van der Waals surface area (Å²) in [4.78, 5) is 20.7. The lowest BCUT2D eigenvalue weighted by molar-refractivity contribution is -0.116. The molecule has 0 aliphatic heterocycles. The molecule has 6 heteroatoms. The molecule has 2 aromatic carbocycles. The maximum Gasteiger partial charge on any atom is 0.322 e. The highest BCUT2D eigenvalue weighted by Gasteiger charge is 2.07. The topological polar surface area (TPSA) is 73.3 Å². The summed E-state index contributed by atoms with van der Waals surface area (Å²) in [6.45, 7) is 6.09. The fourth-order valence-corrected chi connectivity index (χ4v) is 2.60. The molecule has 144 valence electrons. The largest absolute Gasteiger partial charge is 0.493 e. The van der Waals surface area contributed by atoms with E-state index < -0.39 is 0 Å². The fourth-order valence-electron chi connectivity index (χ4n) is 2.60. The van der Waals surface area contributed by atoms with Crippen molar-refractivity contribution in [3.8, 4) is 17.5 Å². The lowest BCUT2D eigenvalue weighted by Gasteiger charge is -2.09. The molecule has 0 saturated heterocycles. The second-order valence-corrected chi connectivity index (χ2v) is 6.52. The van der Waals surface area contributed by atoms with E-state index in [0.717, 1.165) is 17.1 Å². The molecule has 6 nitrogen and oxygen atoms in total. The molecule has 0 fully saturated rings. The first-order valence-electron chi connectivity index (χ1n) is 9.07. The van der Waals surface area contributed by atoms with Crippen molar-refractivity contribution in [2.24, 2.45) is 0 Å². The number of carbonyl (C=O) groups is 1. The molecule has 0 saturated carbocycles. The molecule has 0 bridgehead atoms. The fraction of sp³-hybridized carbons (Fsp3) is 0.227. The van der Waals surface area contributed by atoms with Crippen molar-refractivity contribution in [1.82, 2.24) is 9.97 Å². The first-order chi connectivity index (χ1) is 13.5. The van der Waals surface area contributed by atoms with Crippen molar-refractivity contribution >= 4 is 11.6 Å². The first-order valence-corrected chi connectivity index (χ1v) is 9.07. The number of nitrogens with zero attached hydrogens (tertiary/aromatic N) is 2. The van der Waals surface area contributed by atoms with Crippen LogP contribution in [-0.2, 0) is 4.79 Å². The van der Waals surface area contributed by atoms with Gasteiger partial charge in [-0.25, -0.2) is 9.97 Å². The molecule has 1 amide bonds. The molecule has 0 spiro atoms. The average molecular weight is 377 g/mol. The molecular weight excluding hydrogens is 354 g/mol. The van der Waals surface area contributed by atoms with Crippen molar-refractivity contribution in [2.45, 2.75) is 27.2 Å². The highest BCUT2D eigenvalue weighted by Crippen LogP contribution is 2.22. The Hall–Kier alpha value is -3.41. The van der Waals surface area contributed by atoms with Gasteiger partial charge in [0.15, 0.2) is 0 Å². The van der Waals surface area contributed by atoms with Gasteiger partial charge in [-0.05, 0) is 51.1 Å². The summed E-state index contributed by atoms with van der Waals surface area (Å²) in [5.74, 6) is 1.17. The molecule has 3 rings (SSSR count). The normalized spacial score (nSPS) is 10.4. The summed E-state index contributed by atoms with van der Waals surface area (Å²) in [7, 11) is 0. The molecule has 0 atom stereocenters. The Bertz CT molecular complexity index is 935. The summed E-state index contributed by atoms with van der Waals surface area (Å²) in [5, 5.41) is 2.85. The van der Waals surface area contributed by atoms with Gasteiger partial charge in [-0.15, -0.1) is 0 Å². The Morgan fingerprint density at radius 2 is 1.64 bits per heavy atom. The van der Waals surface area contributed by atoms with Gasteiger partial charge in [-0.2, -0.15) is 0 Å². The summed E-state index contributed by atoms with van der Waals surface area (Å²) in [6, 6.07) is 17.0. The van der Waals surface area contributed by atoms with Crippen LogP contribution in [0.4, 0.5) is 5.69 Å². The van der Waals surface area contributed by atoms with Gasteiger partial charge in [0.05, 0.1) is 13.0 Å². The molecule has 28 heavy (non-hydrogen) atoms. The third-order valence-corrected chi connectivity index (χ3v) is 3.91. The zero-order valence-corrected chi connectivity index (χ0v) is 16.2. The second kappa shape index (κ2) is 8.99. The van der Waals surface area contributed by atoms with Gasteiger partial charge in [0.1, 0.15) is 11.5 Å². The van der Waals surface area contributed by atoms with Crippen LogP contribution >= 0.6 is 0 Å². The van der Waals surface area contributed by atoms with Gasteiger partial charge >= 0.3 is 6.01 Å². The van der Waals surface area contributed by atoms with E-state index in [9.17, 15) is 4.79 Å². The molecule has 0 aliphatic carbocycles. The minimum atomic E-state index is -0.132. The number of nitrogens with one attached hydrogen (secondary N) is 1. The number of benzene rings is 2. The SMILES string of the molecule is Cc1ccc(OCCC(=O)Nc2cccc(Oc3nc(C)cc(C)n3)c2)cc1. The third kappa shape index (κ3) is 5.81. The van der Waals surface area contributed by atoms with Crippen molar-refractivity contribution < 1.29 is 14.3 Å². The van der Waals surface area contributed by atoms with E-state index in [4.69, 9.17) is 9.47 Å². The van der Waals surface area contributed by atoms with Crippen LogP contribution in [0, 0.1) is 20.8 Å². The van der Waals surface area contributed by atoms with Crippen LogP contribution in [0.1, 0.15) is 23.4 Å². The second-order valence-electron chi connectivity index (χ2n) is 6.52. The number of hydrogen-bond acceptors (Lipinski definition) is 5. The molecule has 3 aromatic rings. The highest BCUT2D eigenvalue weighted by atomic mass is 16.5. The Morgan fingerprint density at radius 3 is 2.36 bits per heavy atom. The molecule has 0 radical (unpaired) electrons. The summed E-state index contributed by atoms with van der Waals surface area (Å²) in [5.41, 5.74) is 3.47. The van der Waals surface area contributed by atoms with Crippen molar-refractivity contribution in [3.63, 3.8) is 0 Å². The zero-order valence-electron chi connectivity index (χ0n) is 16.2. The van der Waals surface area contributed by atoms with Crippen LogP contribution in [0.2, 0.25) is 0 Å². The summed E-state index contributed by atoms with van der Waals surface area (Å²) >= 11 is 0. The number of anilines is 1. The highest BCUT2D eigenvalue weighted by molar-refractivity contribution is 5.90. The maximum absolute atomic E-state index is 12.2. The molecule has 1 N–H and O–H groups in total. The number of aryl methyl sites for hydroxylation is 3. The summed E-state index contributed by atoms with van der Waals surface area (Å²) in [6.07, 6.45) is 0.249. The smallest absolute Gasteiger partial charge is 0.322 e. The number of amides is 1. The van der Waals surface area contributed by atoms with Gasteiger partial charge in [-0.3, -0.25) is 4.79 Å². The van der Waals surface area contributed by atoms with Crippen LogP contribution < -0.4 is 14.8 Å². The van der Waals surface area contributed by atoms with E-state index in [1.165, 1.54) is 5.56 Å². The quantitative estimate of drug-likeness (QED) is 0.651. The number of aromatic nitrogens is 2. The lowest BCUT2D eigenvalue weighted by Crippen LogP contribution is -2.15. The molecule has 1 aromatic heterocycles. The van der Waals surface area contributed by atoms with E-state index >= 15 is 0 Å². The minimum Gasteiger partial charge on any atom is -0.493 e. The van der Waals surface area contributed by atoms with E-state index in [-0.39, 0.29) is 18.3 Å². The first kappa shape index (κ1) is 19.4. The number of ether oxygens (including phenoxy) is 2. The van der Waals surface area contributed by atoms with Crippen LogP contribution in [0.5, 0.6) is 17.5 Å². The van der Waals surface area contributed by atoms with Gasteiger partial charge in [-0.1, -0.05) is 23.8 Å². The molecule has 1 heterocycles. The van der Waals surface area contributed by atoms with Crippen LogP contribution in [0.3, 0.4) is 0 Å². The Kier molecular flexibility index (Phi) is 6.22. The lowest BCUT2D eigenvalue weighted by atomic mass is 10.2. The van der Waals surface area contributed by atoms with Gasteiger partial charge in [0, 0.05) is 23.1 Å². The predicted molar refractivity (Wildman–Crippen MR) is 108 cm³/mol. The molecule has 0 aliphatic rings. The van der Waals surface area contributed by atoms with Gasteiger partial charge < -0.3 is 14.8 Å². The summed E-state index contributed by atoms with van der Waals surface area (Å²) < 4.78 is 11.3. The van der Waals surface area contributed by atoms with Gasteiger partial charge in [0.2, 0.25) is 5.91 Å². The van der Waals surface area contributed by atoms with E-state index in [1.54, 1.807) is 24.3 Å². The maximum atomic E-state index is 12.2. The van der Waals surface area contributed by atoms with E-state index in [2.05, 4.69) is 15.3 Å². The van der Waals surface area contributed by atoms with Crippen molar-refractivity contribution in [3.05, 3.63) is 71.5 Å². The number of rotatable bonds is 7. The van der Waals surface area contributed by atoms with Crippen molar-refractivity contribution in [1.29, 1.82) is 0 Å². The van der Waals surface area contributed by atoms with Gasteiger partial charge in [0.25, 0.3) is 0 Å². The average Bonchev–Trinajstić information content (AvgIpc) is 2.63. The Labute approximate surface area is 164 Å². The van der Waals surface area contributed by atoms with Crippen LogP contribution in [-0.4, -0.2) is 22.5 Å². The third-order valence-electron chi connectivity index (χ3n) is 3.91. The van der Waals surface area contributed by atoms with Crippen LogP contribution in [0.25, 0.3) is 0 Å². The predicted octanol–water partition coefficient (Wildman–Crippen LogP) is 4.60. The number of hydrogen-bond donors (Lipinski definition) is 1. The van der Waals surface area contributed by atoms with Crippen molar-refractivity contribution in [2.75, 3.05) is 11.9 Å². The standard InChI is InChI=1S/C22H23N3O3/c1-15-7-9-19(10-8-15)27-12-11-21(26)25-18-5-4-6-20(14-18)28-22-23-16(2)13-17(3)24-22/h4-10,13-14H,11-12H2,1-3H3,(H,25,26). The Morgan fingerprint density at radius 1 is 0.929 bits per heavy atom. The molecule has 0 unspecified atom stereocenters. The monoisotopic (exact) mass is 377 g/mol. The Balaban J connectivity index is 1.53.